The molecule has 0 saturated heterocycles. The maximum Gasteiger partial charge on any atom is 0.343 e. The molecule has 0 aliphatic heterocycles. The number of thioether (sulfide) groups is 1. The summed E-state index contributed by atoms with van der Waals surface area (Å²) in [4.78, 5) is 28.5. The molecule has 0 radical (unpaired) electrons. The molecule has 0 spiro atoms. The Balaban J connectivity index is 1.66. The van der Waals surface area contributed by atoms with Gasteiger partial charge in [-0.05, 0) is 31.2 Å². The van der Waals surface area contributed by atoms with Gasteiger partial charge in [0.1, 0.15) is 12.0 Å². The van der Waals surface area contributed by atoms with Crippen molar-refractivity contribution in [3.05, 3.63) is 73.7 Å². The van der Waals surface area contributed by atoms with Crippen molar-refractivity contribution >= 4 is 45.0 Å². The molecule has 128 valence electrons. The molecule has 0 bridgehead atoms. The number of thiazole rings is 1. The smallest absolute Gasteiger partial charge is 0.343 e. The molecule has 25 heavy (non-hydrogen) atoms. The van der Waals surface area contributed by atoms with Crippen LogP contribution in [0.25, 0.3) is 0 Å². The summed E-state index contributed by atoms with van der Waals surface area (Å²) in [5.74, 6) is 0.224. The number of hydrogen-bond donors (Lipinski definition) is 0. The predicted octanol–water partition coefficient (Wildman–Crippen LogP) is 4.68. The largest absolute Gasteiger partial charge is 0.464 e. The Morgan fingerprint density at radius 3 is 2.76 bits per heavy atom. The zero-order valence-corrected chi connectivity index (χ0v) is 16.2. The van der Waals surface area contributed by atoms with Crippen LogP contribution in [0.2, 0.25) is 0 Å². The molecule has 0 atom stereocenters. The minimum Gasteiger partial charge on any atom is -0.464 e. The molecule has 5 nitrogen and oxygen atoms in total. The highest BCUT2D eigenvalue weighted by Crippen LogP contribution is 2.26. The van der Waals surface area contributed by atoms with Crippen molar-refractivity contribution in [3.63, 3.8) is 0 Å². The summed E-state index contributed by atoms with van der Waals surface area (Å²) in [7, 11) is 0. The summed E-state index contributed by atoms with van der Waals surface area (Å²) < 4.78 is 12.3. The van der Waals surface area contributed by atoms with E-state index in [0.717, 1.165) is 14.5 Å². The molecule has 0 unspecified atom stereocenters. The predicted molar refractivity (Wildman–Crippen MR) is 100 cm³/mol. The summed E-state index contributed by atoms with van der Waals surface area (Å²) in [5, 5.41) is 1.96. The molecule has 0 N–H and O–H groups in total. The Morgan fingerprint density at radius 2 is 2.12 bits per heavy atom. The lowest BCUT2D eigenvalue weighted by atomic mass is 10.2. The number of hydrogen-bond acceptors (Lipinski definition) is 7. The molecular weight excluding hydrogens is 426 g/mol. The van der Waals surface area contributed by atoms with E-state index < -0.39 is 11.4 Å². The van der Waals surface area contributed by atoms with E-state index in [1.165, 1.54) is 24.1 Å². The number of aromatic nitrogens is 1. The van der Waals surface area contributed by atoms with Crippen molar-refractivity contribution in [3.8, 4) is 5.75 Å². The molecule has 2 heterocycles. The van der Waals surface area contributed by atoms with E-state index in [9.17, 15) is 9.59 Å². The van der Waals surface area contributed by atoms with Gasteiger partial charge in [-0.25, -0.2) is 9.78 Å². The molecule has 3 aromatic rings. The number of halogens is 1. The van der Waals surface area contributed by atoms with Crippen LogP contribution in [0.5, 0.6) is 5.75 Å². The van der Waals surface area contributed by atoms with Crippen molar-refractivity contribution < 1.29 is 13.9 Å². The van der Waals surface area contributed by atoms with E-state index in [1.54, 1.807) is 35.6 Å². The number of nitrogens with zero attached hydrogens (tertiary/aromatic N) is 1. The van der Waals surface area contributed by atoms with Crippen LogP contribution >= 0.6 is 39.0 Å². The molecule has 0 amide bonds. The maximum absolute atomic E-state index is 12.1. The number of rotatable bonds is 5. The number of ether oxygens (including phenoxy) is 1. The Kier molecular flexibility index (Phi) is 5.72. The molecular formula is C17H12BrNO4S2. The normalized spacial score (nSPS) is 10.6. The number of benzene rings is 1. The highest BCUT2D eigenvalue weighted by atomic mass is 79.9. The number of carbonyl (C=O) groups is 1. The van der Waals surface area contributed by atoms with Gasteiger partial charge in [0.15, 0.2) is 4.34 Å². The molecule has 0 fully saturated rings. The Bertz CT molecular complexity index is 950. The lowest BCUT2D eigenvalue weighted by molar-refractivity contribution is 0.0729. The first-order valence-corrected chi connectivity index (χ1v) is 9.81. The molecule has 0 aliphatic carbocycles. The lowest BCUT2D eigenvalue weighted by Crippen LogP contribution is -2.14. The van der Waals surface area contributed by atoms with Crippen LogP contribution in [0.4, 0.5) is 0 Å². The van der Waals surface area contributed by atoms with Crippen LogP contribution in [0.3, 0.4) is 0 Å². The highest BCUT2D eigenvalue weighted by Gasteiger charge is 2.13. The van der Waals surface area contributed by atoms with Gasteiger partial charge >= 0.3 is 5.97 Å². The van der Waals surface area contributed by atoms with Crippen molar-refractivity contribution in [2.45, 2.75) is 17.0 Å². The first-order valence-electron chi connectivity index (χ1n) is 7.15. The fourth-order valence-electron chi connectivity index (χ4n) is 1.87. The second-order valence-electron chi connectivity index (χ2n) is 5.01. The average Bonchev–Trinajstić information content (AvgIpc) is 3.01. The fraction of sp³-hybridized carbons (Fsp3) is 0.118. The van der Waals surface area contributed by atoms with Crippen LogP contribution in [-0.4, -0.2) is 11.0 Å². The average molecular weight is 438 g/mol. The van der Waals surface area contributed by atoms with Gasteiger partial charge in [-0.2, -0.15) is 0 Å². The van der Waals surface area contributed by atoms with Crippen LogP contribution in [0, 0.1) is 6.92 Å². The first kappa shape index (κ1) is 17.9. The zero-order chi connectivity index (χ0) is 17.8. The van der Waals surface area contributed by atoms with Gasteiger partial charge in [0.2, 0.25) is 11.2 Å². The molecule has 1 aromatic carbocycles. The van der Waals surface area contributed by atoms with Crippen LogP contribution in [0.1, 0.15) is 21.8 Å². The van der Waals surface area contributed by atoms with Crippen molar-refractivity contribution in [2.75, 3.05) is 0 Å². The fourth-order valence-corrected chi connectivity index (χ4v) is 3.87. The molecule has 3 rings (SSSR count). The van der Waals surface area contributed by atoms with Gasteiger partial charge in [0.05, 0.1) is 11.3 Å². The van der Waals surface area contributed by atoms with Crippen LogP contribution in [-0.2, 0) is 5.75 Å². The standard InChI is InChI=1S/C17H12BrNO4S2/c1-10-8-24-17(19-10)25-9-13-6-14(20)15(7-22-13)23-16(21)11-2-4-12(18)5-3-11/h2-8H,9H2,1H3. The van der Waals surface area contributed by atoms with E-state index in [4.69, 9.17) is 9.15 Å². The summed E-state index contributed by atoms with van der Waals surface area (Å²) in [6.07, 6.45) is 1.17. The number of esters is 1. The van der Waals surface area contributed by atoms with Crippen molar-refractivity contribution in [1.29, 1.82) is 0 Å². The monoisotopic (exact) mass is 437 g/mol. The third-order valence-electron chi connectivity index (χ3n) is 3.07. The summed E-state index contributed by atoms with van der Waals surface area (Å²) >= 11 is 6.32. The highest BCUT2D eigenvalue weighted by molar-refractivity contribution is 9.10. The third-order valence-corrected chi connectivity index (χ3v) is 5.76. The molecule has 0 saturated carbocycles. The summed E-state index contributed by atoms with van der Waals surface area (Å²) in [6, 6.07) is 7.99. The SMILES string of the molecule is Cc1csc(SCc2cc(=O)c(OC(=O)c3ccc(Br)cc3)co2)n1. The third kappa shape index (κ3) is 4.81. The first-order chi connectivity index (χ1) is 12.0. The van der Waals surface area contributed by atoms with E-state index >= 15 is 0 Å². The minimum atomic E-state index is -0.611. The van der Waals surface area contributed by atoms with Crippen molar-refractivity contribution in [2.24, 2.45) is 0 Å². The topological polar surface area (TPSA) is 69.4 Å². The van der Waals surface area contributed by atoms with E-state index in [2.05, 4.69) is 20.9 Å². The quantitative estimate of drug-likeness (QED) is 0.426. The van der Waals surface area contributed by atoms with Gasteiger partial charge in [-0.1, -0.05) is 27.7 Å². The Morgan fingerprint density at radius 1 is 1.36 bits per heavy atom. The lowest BCUT2D eigenvalue weighted by Gasteiger charge is -2.04. The van der Waals surface area contributed by atoms with E-state index in [0.29, 0.717) is 17.1 Å². The van der Waals surface area contributed by atoms with Gasteiger partial charge in [0, 0.05) is 21.6 Å². The van der Waals surface area contributed by atoms with Crippen LogP contribution < -0.4 is 10.2 Å². The number of aryl methyl sites for hydroxylation is 1. The molecule has 8 heteroatoms. The summed E-state index contributed by atoms with van der Waals surface area (Å²) in [6.45, 7) is 1.93. The Labute approximate surface area is 160 Å². The second-order valence-corrected chi connectivity index (χ2v) is 8.01. The number of carbonyl (C=O) groups excluding carboxylic acids is 1. The maximum atomic E-state index is 12.1. The van der Waals surface area contributed by atoms with Crippen molar-refractivity contribution in [1.82, 2.24) is 4.98 Å². The van der Waals surface area contributed by atoms with Gasteiger partial charge < -0.3 is 9.15 Å². The van der Waals surface area contributed by atoms with Gasteiger partial charge in [-0.15, -0.1) is 11.3 Å². The van der Waals surface area contributed by atoms with Gasteiger partial charge in [-0.3, -0.25) is 4.79 Å². The van der Waals surface area contributed by atoms with E-state index in [-0.39, 0.29) is 5.75 Å². The molecule has 2 aromatic heterocycles. The van der Waals surface area contributed by atoms with Crippen LogP contribution in [0.15, 0.2) is 60.0 Å². The minimum absolute atomic E-state index is 0.133. The zero-order valence-electron chi connectivity index (χ0n) is 13.0. The molecule has 0 aliphatic rings. The Hall–Kier alpha value is -1.90. The van der Waals surface area contributed by atoms with E-state index in [1.807, 2.05) is 12.3 Å². The summed E-state index contributed by atoms with van der Waals surface area (Å²) in [5.41, 5.74) is 0.910. The van der Waals surface area contributed by atoms with Gasteiger partial charge in [0.25, 0.3) is 0 Å². The second kappa shape index (κ2) is 7.99.